The topological polar surface area (TPSA) is 88.9 Å². The summed E-state index contributed by atoms with van der Waals surface area (Å²) in [5, 5.41) is 2.99. The molecule has 0 bridgehead atoms. The van der Waals surface area contributed by atoms with Crippen molar-refractivity contribution in [2.45, 2.75) is 58.0 Å². The Hall–Kier alpha value is -2.31. The predicted molar refractivity (Wildman–Crippen MR) is 97.8 cm³/mol. The lowest BCUT2D eigenvalue weighted by Crippen LogP contribution is -2.46. The van der Waals surface area contributed by atoms with E-state index >= 15 is 0 Å². The van der Waals surface area contributed by atoms with Crippen molar-refractivity contribution >= 4 is 17.8 Å². The van der Waals surface area contributed by atoms with Crippen molar-refractivity contribution in [3.05, 3.63) is 24.2 Å². The maximum Gasteiger partial charge on any atom is 0.329 e. The zero-order valence-electron chi connectivity index (χ0n) is 16.0. The molecule has 2 amide bonds. The highest BCUT2D eigenvalue weighted by Crippen LogP contribution is 2.29. The average molecular weight is 376 g/mol. The van der Waals surface area contributed by atoms with Crippen LogP contribution in [0.4, 0.5) is 0 Å². The van der Waals surface area contributed by atoms with E-state index < -0.39 is 12.0 Å². The van der Waals surface area contributed by atoms with Gasteiger partial charge in [0.2, 0.25) is 0 Å². The molecule has 1 N–H and O–H groups in total. The lowest BCUT2D eigenvalue weighted by atomic mass is 9.78. The number of hydrogen-bond donors (Lipinski definition) is 1. The first-order valence-corrected chi connectivity index (χ1v) is 9.78. The maximum atomic E-state index is 12.4. The summed E-state index contributed by atoms with van der Waals surface area (Å²) in [5.74, 6) is 0.0477. The van der Waals surface area contributed by atoms with E-state index in [2.05, 4.69) is 19.2 Å². The summed E-state index contributed by atoms with van der Waals surface area (Å²) in [6, 6.07) is 2.67. The molecule has 7 heteroatoms. The van der Waals surface area contributed by atoms with Crippen LogP contribution in [0.1, 0.15) is 56.5 Å². The Morgan fingerprint density at radius 1 is 1.22 bits per heavy atom. The molecule has 0 spiro atoms. The molecular weight excluding hydrogens is 348 g/mol. The lowest BCUT2D eigenvalue weighted by Gasteiger charge is -2.34. The predicted octanol–water partition coefficient (Wildman–Crippen LogP) is 2.37. The highest BCUT2D eigenvalue weighted by Gasteiger charge is 2.37. The average Bonchev–Trinajstić information content (AvgIpc) is 3.34. The number of carbonyl (C=O) groups excluding carboxylic acids is 3. The first-order chi connectivity index (χ1) is 13.0. The molecule has 1 aromatic rings. The third kappa shape index (κ3) is 4.51. The van der Waals surface area contributed by atoms with Crippen molar-refractivity contribution in [1.82, 2.24) is 10.2 Å². The Balaban J connectivity index is 1.49. The van der Waals surface area contributed by atoms with Crippen molar-refractivity contribution < 1.29 is 23.5 Å². The number of furan rings is 1. The zero-order valence-corrected chi connectivity index (χ0v) is 16.0. The van der Waals surface area contributed by atoms with Gasteiger partial charge in [-0.1, -0.05) is 26.7 Å². The zero-order chi connectivity index (χ0) is 19.4. The van der Waals surface area contributed by atoms with E-state index in [1.165, 1.54) is 17.6 Å². The summed E-state index contributed by atoms with van der Waals surface area (Å²) >= 11 is 0. The summed E-state index contributed by atoms with van der Waals surface area (Å²) in [5.41, 5.74) is 0. The smallest absolute Gasteiger partial charge is 0.329 e. The van der Waals surface area contributed by atoms with Crippen molar-refractivity contribution in [3.63, 3.8) is 0 Å². The summed E-state index contributed by atoms with van der Waals surface area (Å²) in [4.78, 5) is 38.5. The summed E-state index contributed by atoms with van der Waals surface area (Å²) in [6.07, 6.45) is 5.92. The normalized spacial score (nSPS) is 28.0. The highest BCUT2D eigenvalue weighted by molar-refractivity contribution is 5.95. The van der Waals surface area contributed by atoms with Crippen LogP contribution in [0, 0.1) is 11.8 Å². The van der Waals surface area contributed by atoms with Crippen LogP contribution in [0.5, 0.6) is 0 Å². The van der Waals surface area contributed by atoms with E-state index in [1.807, 2.05) is 0 Å². The van der Waals surface area contributed by atoms with Gasteiger partial charge in [0.1, 0.15) is 6.04 Å². The number of nitrogens with zero attached hydrogens (tertiary/aromatic N) is 1. The minimum absolute atomic E-state index is 0.128. The van der Waals surface area contributed by atoms with Crippen LogP contribution < -0.4 is 5.32 Å². The summed E-state index contributed by atoms with van der Waals surface area (Å²) < 4.78 is 10.3. The van der Waals surface area contributed by atoms with Crippen molar-refractivity contribution in [2.24, 2.45) is 11.8 Å². The number of nitrogens with one attached hydrogen (secondary N) is 1. The number of ether oxygens (including phenoxy) is 1. The largest absolute Gasteiger partial charge is 0.459 e. The quantitative estimate of drug-likeness (QED) is 0.797. The van der Waals surface area contributed by atoms with Crippen LogP contribution in [-0.4, -0.2) is 47.9 Å². The molecule has 0 radical (unpaired) electrons. The Morgan fingerprint density at radius 2 is 2.04 bits per heavy atom. The molecule has 2 aliphatic rings. The van der Waals surface area contributed by atoms with E-state index in [-0.39, 0.29) is 30.2 Å². The van der Waals surface area contributed by atoms with Crippen LogP contribution in [0.3, 0.4) is 0 Å². The number of hydrogen-bond acceptors (Lipinski definition) is 5. The van der Waals surface area contributed by atoms with Crippen LogP contribution in [0.25, 0.3) is 0 Å². The van der Waals surface area contributed by atoms with Gasteiger partial charge in [0, 0.05) is 12.6 Å². The molecule has 148 valence electrons. The van der Waals surface area contributed by atoms with E-state index in [4.69, 9.17) is 9.15 Å². The van der Waals surface area contributed by atoms with Crippen molar-refractivity contribution in [3.8, 4) is 0 Å². The standard InChI is InChI=1S/C20H28N2O5/c1-13-6-3-7-15(14(13)2)21-18(23)12-27-20(25)16-8-4-10-22(16)19(24)17-9-5-11-26-17/h5,9,11,13-16H,3-4,6-8,10,12H2,1-2H3,(H,21,23). The molecule has 4 unspecified atom stereocenters. The van der Waals surface area contributed by atoms with Crippen LogP contribution in [0.2, 0.25) is 0 Å². The second kappa shape index (κ2) is 8.59. The first kappa shape index (κ1) is 19.5. The van der Waals surface area contributed by atoms with E-state index in [1.54, 1.807) is 12.1 Å². The fourth-order valence-corrected chi connectivity index (χ4v) is 4.06. The number of carbonyl (C=O) groups is 3. The Kier molecular flexibility index (Phi) is 6.19. The fraction of sp³-hybridized carbons (Fsp3) is 0.650. The summed E-state index contributed by atoms with van der Waals surface area (Å²) in [7, 11) is 0. The molecule has 1 aliphatic heterocycles. The molecule has 2 fully saturated rings. The first-order valence-electron chi connectivity index (χ1n) is 9.78. The Morgan fingerprint density at radius 3 is 2.78 bits per heavy atom. The number of amides is 2. The number of esters is 1. The van der Waals surface area contributed by atoms with E-state index in [0.717, 1.165) is 19.3 Å². The minimum atomic E-state index is -0.663. The van der Waals surface area contributed by atoms with Gasteiger partial charge in [-0.25, -0.2) is 4.79 Å². The van der Waals surface area contributed by atoms with Crippen LogP contribution in [0.15, 0.2) is 22.8 Å². The second-order valence-corrected chi connectivity index (χ2v) is 7.68. The third-order valence-corrected chi connectivity index (χ3v) is 5.92. The molecule has 4 atom stereocenters. The molecule has 3 rings (SSSR count). The van der Waals surface area contributed by atoms with Crippen LogP contribution >= 0.6 is 0 Å². The van der Waals surface area contributed by atoms with Gasteiger partial charge in [-0.2, -0.15) is 0 Å². The van der Waals surface area contributed by atoms with Gasteiger partial charge < -0.3 is 19.4 Å². The molecule has 1 aromatic heterocycles. The van der Waals surface area contributed by atoms with Gasteiger partial charge in [0.05, 0.1) is 6.26 Å². The van der Waals surface area contributed by atoms with Crippen molar-refractivity contribution in [1.29, 1.82) is 0 Å². The van der Waals surface area contributed by atoms with E-state index in [0.29, 0.717) is 24.8 Å². The molecule has 1 aliphatic carbocycles. The van der Waals surface area contributed by atoms with Gasteiger partial charge in [-0.05, 0) is 43.2 Å². The maximum absolute atomic E-state index is 12.4. The van der Waals surface area contributed by atoms with Gasteiger partial charge in [-0.3, -0.25) is 9.59 Å². The van der Waals surface area contributed by atoms with Crippen LogP contribution in [-0.2, 0) is 14.3 Å². The molecule has 1 saturated heterocycles. The fourth-order valence-electron chi connectivity index (χ4n) is 4.06. The van der Waals surface area contributed by atoms with Gasteiger partial charge in [0.25, 0.3) is 11.8 Å². The highest BCUT2D eigenvalue weighted by atomic mass is 16.5. The van der Waals surface area contributed by atoms with Gasteiger partial charge in [0.15, 0.2) is 12.4 Å². The molecule has 0 aromatic carbocycles. The molecule has 1 saturated carbocycles. The summed E-state index contributed by atoms with van der Waals surface area (Å²) in [6.45, 7) is 4.52. The monoisotopic (exact) mass is 376 g/mol. The minimum Gasteiger partial charge on any atom is -0.459 e. The molecule has 2 heterocycles. The number of likely N-dealkylation sites (tertiary alicyclic amines) is 1. The Bertz CT molecular complexity index is 672. The van der Waals surface area contributed by atoms with Gasteiger partial charge >= 0.3 is 5.97 Å². The van der Waals surface area contributed by atoms with Crippen molar-refractivity contribution in [2.75, 3.05) is 13.2 Å². The van der Waals surface area contributed by atoms with E-state index in [9.17, 15) is 14.4 Å². The molecule has 7 nitrogen and oxygen atoms in total. The molecular formula is C20H28N2O5. The Labute approximate surface area is 159 Å². The SMILES string of the molecule is CC1CCCC(NC(=O)COC(=O)C2CCCN2C(=O)c2ccco2)C1C. The number of rotatable bonds is 5. The molecule has 27 heavy (non-hydrogen) atoms. The third-order valence-electron chi connectivity index (χ3n) is 5.92. The lowest BCUT2D eigenvalue weighted by molar-refractivity contribution is -0.152. The second-order valence-electron chi connectivity index (χ2n) is 7.68. The van der Waals surface area contributed by atoms with Gasteiger partial charge in [-0.15, -0.1) is 0 Å².